The largest absolute Gasteiger partial charge is 0.493 e. The molecule has 2 aromatic rings. The maximum Gasteiger partial charge on any atom is 0.261 e. The number of sulfonamides is 1. The molecule has 1 heterocycles. The Labute approximate surface area is 151 Å². The predicted molar refractivity (Wildman–Crippen MR) is 95.7 cm³/mol. The molecule has 26 heavy (non-hydrogen) atoms. The summed E-state index contributed by atoms with van der Waals surface area (Å²) >= 11 is 0. The van der Waals surface area contributed by atoms with Gasteiger partial charge in [-0.15, -0.1) is 0 Å². The topological polar surface area (TPSA) is 103 Å². The van der Waals surface area contributed by atoms with Gasteiger partial charge in [0.05, 0.1) is 38.3 Å². The molecule has 8 nitrogen and oxygen atoms in total. The lowest BCUT2D eigenvalue weighted by Crippen LogP contribution is -2.13. The van der Waals surface area contributed by atoms with E-state index in [0.29, 0.717) is 28.5 Å². The smallest absolute Gasteiger partial charge is 0.261 e. The van der Waals surface area contributed by atoms with Crippen LogP contribution in [-0.4, -0.2) is 35.7 Å². The van der Waals surface area contributed by atoms with Crippen LogP contribution in [0.3, 0.4) is 0 Å². The molecular weight excluding hydrogens is 360 g/mol. The average molecular weight is 378 g/mol. The highest BCUT2D eigenvalue weighted by Crippen LogP contribution is 2.40. The Morgan fingerprint density at radius 1 is 1.00 bits per heavy atom. The van der Waals surface area contributed by atoms with E-state index in [-0.39, 0.29) is 22.9 Å². The van der Waals surface area contributed by atoms with Gasteiger partial charge in [0.15, 0.2) is 11.5 Å². The van der Waals surface area contributed by atoms with Crippen LogP contribution in [0.25, 0.3) is 0 Å². The normalized spacial score (nSPS) is 13.0. The second kappa shape index (κ2) is 6.75. The molecule has 0 unspecified atom stereocenters. The van der Waals surface area contributed by atoms with E-state index in [1.807, 2.05) is 0 Å². The Bertz CT molecular complexity index is 946. The van der Waals surface area contributed by atoms with Crippen molar-refractivity contribution in [1.82, 2.24) is 0 Å². The van der Waals surface area contributed by atoms with Crippen molar-refractivity contribution in [1.29, 1.82) is 0 Å². The number of amides is 1. The lowest BCUT2D eigenvalue weighted by molar-refractivity contribution is -0.115. The molecule has 0 saturated heterocycles. The molecule has 0 fully saturated rings. The first-order chi connectivity index (χ1) is 12.4. The number of hydrogen-bond donors (Lipinski definition) is 2. The fourth-order valence-corrected chi connectivity index (χ4v) is 3.82. The fraction of sp³-hybridized carbons (Fsp3) is 0.235. The van der Waals surface area contributed by atoms with Crippen molar-refractivity contribution in [3.8, 4) is 17.2 Å². The van der Waals surface area contributed by atoms with Gasteiger partial charge in [-0.25, -0.2) is 8.42 Å². The summed E-state index contributed by atoms with van der Waals surface area (Å²) < 4.78 is 43.6. The molecule has 0 atom stereocenters. The Morgan fingerprint density at radius 2 is 1.65 bits per heavy atom. The minimum atomic E-state index is -3.86. The summed E-state index contributed by atoms with van der Waals surface area (Å²) in [7, 11) is 0.489. The van der Waals surface area contributed by atoms with Crippen molar-refractivity contribution in [3.05, 3.63) is 35.9 Å². The Kier molecular flexibility index (Phi) is 4.64. The van der Waals surface area contributed by atoms with Crippen LogP contribution in [0.1, 0.15) is 5.56 Å². The number of hydrogen-bond acceptors (Lipinski definition) is 6. The molecule has 138 valence electrons. The van der Waals surface area contributed by atoms with Gasteiger partial charge in [-0.3, -0.25) is 9.52 Å². The molecule has 0 radical (unpaired) electrons. The van der Waals surface area contributed by atoms with Crippen molar-refractivity contribution >= 4 is 27.3 Å². The summed E-state index contributed by atoms with van der Waals surface area (Å²) in [6.45, 7) is 0. The van der Waals surface area contributed by atoms with Crippen LogP contribution in [0.5, 0.6) is 17.2 Å². The van der Waals surface area contributed by atoms with E-state index >= 15 is 0 Å². The number of nitrogens with one attached hydrogen (secondary N) is 2. The predicted octanol–water partition coefficient (Wildman–Crippen LogP) is 2.01. The van der Waals surface area contributed by atoms with Crippen molar-refractivity contribution in [2.45, 2.75) is 11.3 Å². The zero-order valence-corrected chi connectivity index (χ0v) is 15.3. The van der Waals surface area contributed by atoms with E-state index in [2.05, 4.69) is 10.0 Å². The van der Waals surface area contributed by atoms with Gasteiger partial charge in [0.1, 0.15) is 0 Å². The van der Waals surface area contributed by atoms with Crippen LogP contribution >= 0.6 is 0 Å². The highest BCUT2D eigenvalue weighted by Gasteiger charge is 2.23. The quantitative estimate of drug-likeness (QED) is 0.797. The van der Waals surface area contributed by atoms with Crippen LogP contribution in [0.4, 0.5) is 11.4 Å². The maximum absolute atomic E-state index is 12.7. The zero-order valence-electron chi connectivity index (χ0n) is 14.5. The number of ether oxygens (including phenoxy) is 3. The number of benzene rings is 2. The van der Waals surface area contributed by atoms with Gasteiger partial charge in [-0.1, -0.05) is 0 Å². The van der Waals surface area contributed by atoms with Gasteiger partial charge in [0.2, 0.25) is 11.7 Å². The second-order valence-electron chi connectivity index (χ2n) is 5.56. The van der Waals surface area contributed by atoms with E-state index < -0.39 is 10.0 Å². The highest BCUT2D eigenvalue weighted by molar-refractivity contribution is 7.92. The summed E-state index contributed by atoms with van der Waals surface area (Å²) in [6.07, 6.45) is 0.156. The number of methoxy groups -OCH3 is 3. The van der Waals surface area contributed by atoms with Gasteiger partial charge >= 0.3 is 0 Å². The number of carbonyl (C=O) groups is 1. The van der Waals surface area contributed by atoms with Crippen molar-refractivity contribution in [2.24, 2.45) is 0 Å². The van der Waals surface area contributed by atoms with E-state index in [1.54, 1.807) is 6.07 Å². The summed E-state index contributed by atoms with van der Waals surface area (Å²) in [4.78, 5) is 11.5. The minimum Gasteiger partial charge on any atom is -0.493 e. The first-order valence-corrected chi connectivity index (χ1v) is 9.12. The summed E-state index contributed by atoms with van der Waals surface area (Å²) in [5.74, 6) is 0.855. The van der Waals surface area contributed by atoms with Crippen LogP contribution in [0, 0.1) is 0 Å². The third kappa shape index (κ3) is 3.25. The molecule has 0 bridgehead atoms. The molecule has 0 saturated carbocycles. The lowest BCUT2D eigenvalue weighted by Gasteiger charge is -2.15. The van der Waals surface area contributed by atoms with E-state index in [0.717, 1.165) is 0 Å². The number of carbonyl (C=O) groups excluding carboxylic acids is 1. The van der Waals surface area contributed by atoms with Crippen molar-refractivity contribution < 1.29 is 27.4 Å². The first-order valence-electron chi connectivity index (χ1n) is 7.63. The second-order valence-corrected chi connectivity index (χ2v) is 7.25. The Hall–Kier alpha value is -2.94. The molecule has 2 aromatic carbocycles. The van der Waals surface area contributed by atoms with Gasteiger partial charge in [-0.05, 0) is 23.8 Å². The average Bonchev–Trinajstić information content (AvgIpc) is 2.99. The molecule has 0 aliphatic carbocycles. The third-order valence-electron chi connectivity index (χ3n) is 3.93. The Morgan fingerprint density at radius 3 is 2.23 bits per heavy atom. The molecular formula is C17H18N2O6S. The molecule has 2 N–H and O–H groups in total. The van der Waals surface area contributed by atoms with E-state index in [4.69, 9.17) is 14.2 Å². The van der Waals surface area contributed by atoms with Gasteiger partial charge in [0.25, 0.3) is 10.0 Å². The van der Waals surface area contributed by atoms with E-state index in [1.165, 1.54) is 45.6 Å². The molecule has 1 amide bonds. The SMILES string of the molecule is COc1cc(NS(=O)(=O)c2ccc3c(c2)CC(=O)N3)cc(OC)c1OC. The minimum absolute atomic E-state index is 0.0569. The number of fused-ring (bicyclic) bond motifs is 1. The fourth-order valence-electron chi connectivity index (χ4n) is 2.73. The standard InChI is InChI=1S/C17H18N2O6S/c1-23-14-8-11(9-15(24-2)17(14)25-3)19-26(21,22)12-4-5-13-10(6-12)7-16(20)18-13/h4-6,8-9,19H,7H2,1-3H3,(H,18,20). The van der Waals surface area contributed by atoms with Gasteiger partial charge in [-0.2, -0.15) is 0 Å². The first kappa shape index (κ1) is 17.9. The summed E-state index contributed by atoms with van der Waals surface area (Å²) in [5.41, 5.74) is 1.53. The zero-order chi connectivity index (χ0) is 18.9. The molecule has 0 spiro atoms. The molecule has 9 heteroatoms. The van der Waals surface area contributed by atoms with Gasteiger partial charge < -0.3 is 19.5 Å². The summed E-state index contributed by atoms with van der Waals surface area (Å²) in [6, 6.07) is 7.48. The number of rotatable bonds is 6. The van der Waals surface area contributed by atoms with Crippen LogP contribution in [0.2, 0.25) is 0 Å². The van der Waals surface area contributed by atoms with Crippen LogP contribution in [0.15, 0.2) is 35.2 Å². The molecule has 3 rings (SSSR count). The molecule has 1 aliphatic rings. The third-order valence-corrected chi connectivity index (χ3v) is 5.31. The van der Waals surface area contributed by atoms with Crippen LogP contribution in [-0.2, 0) is 21.2 Å². The van der Waals surface area contributed by atoms with Crippen molar-refractivity contribution in [3.63, 3.8) is 0 Å². The van der Waals surface area contributed by atoms with Crippen LogP contribution < -0.4 is 24.2 Å². The summed E-state index contributed by atoms with van der Waals surface area (Å²) in [5, 5.41) is 2.67. The van der Waals surface area contributed by atoms with Gasteiger partial charge in [0, 0.05) is 17.8 Å². The highest BCUT2D eigenvalue weighted by atomic mass is 32.2. The molecule has 0 aromatic heterocycles. The molecule has 1 aliphatic heterocycles. The monoisotopic (exact) mass is 378 g/mol. The number of anilines is 2. The van der Waals surface area contributed by atoms with Crippen molar-refractivity contribution in [2.75, 3.05) is 31.4 Å². The lowest BCUT2D eigenvalue weighted by atomic mass is 10.2. The maximum atomic E-state index is 12.7. The Balaban J connectivity index is 1.95. The van der Waals surface area contributed by atoms with E-state index in [9.17, 15) is 13.2 Å².